The van der Waals surface area contributed by atoms with E-state index in [9.17, 15) is 9.90 Å². The van der Waals surface area contributed by atoms with Gasteiger partial charge in [-0.3, -0.25) is 0 Å². The molecular formula is C15H31NO2. The highest BCUT2D eigenvalue weighted by Crippen LogP contribution is 2.13. The third kappa shape index (κ3) is 13.5. The van der Waals surface area contributed by atoms with Crippen molar-refractivity contribution in [1.29, 1.82) is 0 Å². The standard InChI is InChI=1S/C9H18O2.C6H13N/c1-2-3-4-5-6-7-8-9(10)11;7-6-4-2-1-3-5-6/h2-8H2,1H3,(H,10,11);6H,1-5,7H2. The van der Waals surface area contributed by atoms with Crippen LogP contribution in [0.3, 0.4) is 0 Å². The van der Waals surface area contributed by atoms with Crippen LogP contribution in [0, 0.1) is 0 Å². The minimum Gasteiger partial charge on any atom is -0.550 e. The molecule has 1 aliphatic carbocycles. The summed E-state index contributed by atoms with van der Waals surface area (Å²) in [6.45, 7) is 2.17. The molecule has 108 valence electrons. The van der Waals surface area contributed by atoms with Crippen LogP contribution in [0.25, 0.3) is 0 Å². The van der Waals surface area contributed by atoms with Crippen molar-refractivity contribution in [2.24, 2.45) is 0 Å². The lowest BCUT2D eigenvalue weighted by molar-refractivity contribution is -0.425. The van der Waals surface area contributed by atoms with Crippen molar-refractivity contribution in [2.75, 3.05) is 0 Å². The van der Waals surface area contributed by atoms with Crippen LogP contribution >= 0.6 is 0 Å². The lowest BCUT2D eigenvalue weighted by atomic mass is 9.97. The van der Waals surface area contributed by atoms with Gasteiger partial charge in [-0.05, 0) is 38.5 Å². The lowest BCUT2D eigenvalue weighted by Gasteiger charge is -2.12. The molecule has 0 aliphatic heterocycles. The topological polar surface area (TPSA) is 67.8 Å². The summed E-state index contributed by atoms with van der Waals surface area (Å²) >= 11 is 0. The fourth-order valence-electron chi connectivity index (χ4n) is 2.24. The number of aliphatic carboxylic acids is 1. The van der Waals surface area contributed by atoms with Crippen LogP contribution in [-0.2, 0) is 4.79 Å². The Hall–Kier alpha value is -0.570. The van der Waals surface area contributed by atoms with Crippen LogP contribution in [0.4, 0.5) is 0 Å². The summed E-state index contributed by atoms with van der Waals surface area (Å²) < 4.78 is 0. The molecule has 3 N–H and O–H groups in total. The molecule has 3 nitrogen and oxygen atoms in total. The van der Waals surface area contributed by atoms with E-state index < -0.39 is 5.97 Å². The molecule has 0 amide bonds. The summed E-state index contributed by atoms with van der Waals surface area (Å²) in [6.07, 6.45) is 14.0. The van der Waals surface area contributed by atoms with E-state index >= 15 is 0 Å². The van der Waals surface area contributed by atoms with E-state index in [2.05, 4.69) is 12.7 Å². The Morgan fingerprint density at radius 2 is 1.61 bits per heavy atom. The predicted octanol–water partition coefficient (Wildman–Crippen LogP) is 2.05. The Morgan fingerprint density at radius 1 is 1.06 bits per heavy atom. The molecule has 3 heteroatoms. The predicted molar refractivity (Wildman–Crippen MR) is 72.8 cm³/mol. The molecule has 0 aromatic carbocycles. The molecule has 1 saturated carbocycles. The van der Waals surface area contributed by atoms with Crippen LogP contribution < -0.4 is 10.8 Å². The van der Waals surface area contributed by atoms with Gasteiger partial charge in [-0.15, -0.1) is 0 Å². The average molecular weight is 257 g/mol. The van der Waals surface area contributed by atoms with Gasteiger partial charge < -0.3 is 15.6 Å². The fraction of sp³-hybridized carbons (Fsp3) is 0.933. The van der Waals surface area contributed by atoms with Crippen LogP contribution in [0.5, 0.6) is 0 Å². The third-order valence-electron chi connectivity index (χ3n) is 3.46. The molecule has 0 saturated heterocycles. The monoisotopic (exact) mass is 257 g/mol. The van der Waals surface area contributed by atoms with E-state index in [1.54, 1.807) is 0 Å². The Bertz CT molecular complexity index is 189. The van der Waals surface area contributed by atoms with Gasteiger partial charge in [0.25, 0.3) is 0 Å². The van der Waals surface area contributed by atoms with Crippen molar-refractivity contribution in [1.82, 2.24) is 0 Å². The second-order valence-corrected chi connectivity index (χ2v) is 5.39. The first kappa shape index (κ1) is 17.4. The van der Waals surface area contributed by atoms with Crippen molar-refractivity contribution >= 4 is 5.97 Å². The van der Waals surface area contributed by atoms with Gasteiger partial charge >= 0.3 is 0 Å². The molecule has 18 heavy (non-hydrogen) atoms. The Morgan fingerprint density at radius 3 is 2.06 bits per heavy atom. The van der Waals surface area contributed by atoms with E-state index in [0.29, 0.717) is 0 Å². The van der Waals surface area contributed by atoms with E-state index in [4.69, 9.17) is 0 Å². The highest BCUT2D eigenvalue weighted by Gasteiger charge is 2.09. The molecule has 0 radical (unpaired) electrons. The maximum atomic E-state index is 9.98. The van der Waals surface area contributed by atoms with E-state index in [0.717, 1.165) is 18.9 Å². The number of hydrogen-bond donors (Lipinski definition) is 1. The van der Waals surface area contributed by atoms with Crippen molar-refractivity contribution in [3.8, 4) is 0 Å². The maximum Gasteiger partial charge on any atom is 0.0843 e. The molecule has 0 aromatic rings. The maximum absolute atomic E-state index is 9.98. The van der Waals surface area contributed by atoms with E-state index in [1.807, 2.05) is 0 Å². The first-order valence-corrected chi connectivity index (χ1v) is 7.69. The van der Waals surface area contributed by atoms with Crippen LogP contribution in [0.2, 0.25) is 0 Å². The quantitative estimate of drug-likeness (QED) is 0.709. The second-order valence-electron chi connectivity index (χ2n) is 5.39. The zero-order valence-electron chi connectivity index (χ0n) is 12.1. The molecule has 0 heterocycles. The molecule has 0 atom stereocenters. The summed E-state index contributed by atoms with van der Waals surface area (Å²) in [5.41, 5.74) is 4.00. The Kier molecular flexibility index (Phi) is 12.5. The number of carboxylic acid groups (broad SMARTS) is 1. The number of carboxylic acids is 1. The number of carbonyl (C=O) groups excluding carboxylic acids is 1. The molecule has 1 rings (SSSR count). The normalized spacial score (nSPS) is 15.9. The lowest BCUT2D eigenvalue weighted by Crippen LogP contribution is -2.61. The van der Waals surface area contributed by atoms with E-state index in [-0.39, 0.29) is 6.42 Å². The van der Waals surface area contributed by atoms with Gasteiger partial charge in [0.05, 0.1) is 6.04 Å². The van der Waals surface area contributed by atoms with Crippen LogP contribution in [0.15, 0.2) is 0 Å². The molecule has 0 unspecified atom stereocenters. The third-order valence-corrected chi connectivity index (χ3v) is 3.46. The summed E-state index contributed by atoms with van der Waals surface area (Å²) in [7, 11) is 0. The van der Waals surface area contributed by atoms with Gasteiger partial charge in [-0.2, -0.15) is 0 Å². The summed E-state index contributed by atoms with van der Waals surface area (Å²) in [6, 6.07) is 0.786. The van der Waals surface area contributed by atoms with Gasteiger partial charge in [-0.1, -0.05) is 45.4 Å². The second kappa shape index (κ2) is 12.9. The first-order chi connectivity index (χ1) is 8.66. The van der Waals surface area contributed by atoms with Crippen LogP contribution in [-0.4, -0.2) is 12.0 Å². The first-order valence-electron chi connectivity index (χ1n) is 7.69. The molecule has 1 fully saturated rings. The molecule has 0 bridgehead atoms. The molecular weight excluding hydrogens is 226 g/mol. The summed E-state index contributed by atoms with van der Waals surface area (Å²) in [5.74, 6) is -0.916. The smallest absolute Gasteiger partial charge is 0.0843 e. The van der Waals surface area contributed by atoms with Crippen molar-refractivity contribution in [2.45, 2.75) is 90.0 Å². The van der Waals surface area contributed by atoms with Gasteiger partial charge in [0.2, 0.25) is 0 Å². The van der Waals surface area contributed by atoms with Crippen LogP contribution in [0.1, 0.15) is 84.0 Å². The molecule has 0 spiro atoms. The van der Waals surface area contributed by atoms with Crippen molar-refractivity contribution in [3.63, 3.8) is 0 Å². The van der Waals surface area contributed by atoms with Crippen molar-refractivity contribution in [3.05, 3.63) is 0 Å². The van der Waals surface area contributed by atoms with Gasteiger partial charge in [-0.25, -0.2) is 0 Å². The Balaban J connectivity index is 0.000000351. The fourth-order valence-corrected chi connectivity index (χ4v) is 2.24. The average Bonchev–Trinajstić information content (AvgIpc) is 2.35. The summed E-state index contributed by atoms with van der Waals surface area (Å²) in [4.78, 5) is 9.98. The number of hydrogen-bond acceptors (Lipinski definition) is 2. The number of quaternary nitrogens is 1. The van der Waals surface area contributed by atoms with Gasteiger partial charge in [0.15, 0.2) is 0 Å². The minimum absolute atomic E-state index is 0.228. The number of unbranched alkanes of at least 4 members (excludes halogenated alkanes) is 5. The minimum atomic E-state index is -0.916. The molecule has 1 aliphatic rings. The Labute approximate surface area is 112 Å². The SMILES string of the molecule is CCCCCCCCC(=O)[O-].[NH3+]C1CCCCC1. The van der Waals surface area contributed by atoms with Gasteiger partial charge in [0.1, 0.15) is 0 Å². The van der Waals surface area contributed by atoms with E-state index in [1.165, 1.54) is 57.8 Å². The van der Waals surface area contributed by atoms with Gasteiger partial charge in [0, 0.05) is 5.97 Å². The highest BCUT2D eigenvalue weighted by molar-refractivity contribution is 5.63. The summed E-state index contributed by atoms with van der Waals surface area (Å²) in [5, 5.41) is 9.98. The largest absolute Gasteiger partial charge is 0.550 e. The number of carbonyl (C=O) groups is 1. The molecule has 0 aromatic heterocycles. The zero-order chi connectivity index (χ0) is 13.6. The highest BCUT2D eigenvalue weighted by atomic mass is 16.4. The zero-order valence-corrected chi connectivity index (χ0v) is 12.1. The number of rotatable bonds is 7. The van der Waals surface area contributed by atoms with Crippen molar-refractivity contribution < 1.29 is 15.6 Å².